The van der Waals surface area contributed by atoms with Crippen LogP contribution in [-0.2, 0) is 0 Å². The molecule has 0 aliphatic heterocycles. The van der Waals surface area contributed by atoms with Gasteiger partial charge in [0.1, 0.15) is 17.3 Å². The number of imidazole rings is 1. The molecule has 2 heterocycles. The first kappa shape index (κ1) is 20.8. The second kappa shape index (κ2) is 8.48. The number of aromatic amines is 1. The molecule has 0 saturated carbocycles. The van der Waals surface area contributed by atoms with Gasteiger partial charge in [0.2, 0.25) is 0 Å². The molecule has 3 aromatic carbocycles. The molecule has 0 radical (unpaired) electrons. The number of methoxy groups -OCH3 is 1. The number of hydrogen-bond acceptors (Lipinski definition) is 4. The normalized spacial score (nSPS) is 11.0. The average molecular weight is 458 g/mol. The lowest BCUT2D eigenvalue weighted by Crippen LogP contribution is -2.11. The number of nitrogens with zero attached hydrogens (tertiary/aromatic N) is 1. The molecule has 0 aliphatic rings. The Bertz CT molecular complexity index is 1450. The van der Waals surface area contributed by atoms with E-state index in [1.165, 1.54) is 0 Å². The van der Waals surface area contributed by atoms with E-state index >= 15 is 0 Å². The highest BCUT2D eigenvalue weighted by Crippen LogP contribution is 2.32. The minimum Gasteiger partial charge on any atom is -0.495 e. The summed E-state index contributed by atoms with van der Waals surface area (Å²) in [6.07, 6.45) is 0. The van der Waals surface area contributed by atoms with Gasteiger partial charge in [-0.3, -0.25) is 4.79 Å². The highest BCUT2D eigenvalue weighted by Gasteiger charge is 2.16. The summed E-state index contributed by atoms with van der Waals surface area (Å²) in [4.78, 5) is 20.9. The number of benzene rings is 3. The van der Waals surface area contributed by atoms with Crippen molar-refractivity contribution in [3.63, 3.8) is 0 Å². The molecule has 7 heteroatoms. The second-order valence-electron chi connectivity index (χ2n) is 7.60. The van der Waals surface area contributed by atoms with Crippen LogP contribution in [0.4, 0.5) is 5.69 Å². The monoisotopic (exact) mass is 457 g/mol. The van der Waals surface area contributed by atoms with E-state index in [9.17, 15) is 4.79 Å². The lowest BCUT2D eigenvalue weighted by molar-refractivity contribution is 0.0997. The number of H-pyrrole nitrogens is 1. The Hall–Kier alpha value is -4.03. The van der Waals surface area contributed by atoms with Gasteiger partial charge in [-0.25, -0.2) is 4.98 Å². The van der Waals surface area contributed by atoms with Crippen LogP contribution in [0.15, 0.2) is 77.2 Å². The van der Waals surface area contributed by atoms with Gasteiger partial charge in [-0.1, -0.05) is 35.9 Å². The van der Waals surface area contributed by atoms with Crippen molar-refractivity contribution >= 4 is 34.2 Å². The molecule has 164 valence electrons. The molecule has 0 bridgehead atoms. The third-order valence-electron chi connectivity index (χ3n) is 5.40. The van der Waals surface area contributed by atoms with Crippen molar-refractivity contribution in [3.8, 4) is 28.5 Å². The zero-order valence-corrected chi connectivity index (χ0v) is 18.7. The van der Waals surface area contributed by atoms with Crippen molar-refractivity contribution < 1.29 is 13.9 Å². The number of carbonyl (C=O) groups is 1. The van der Waals surface area contributed by atoms with Crippen molar-refractivity contribution in [1.29, 1.82) is 0 Å². The minimum absolute atomic E-state index is 0.179. The quantitative estimate of drug-likeness (QED) is 0.307. The van der Waals surface area contributed by atoms with Gasteiger partial charge in [0.25, 0.3) is 5.91 Å². The molecule has 0 aliphatic carbocycles. The van der Waals surface area contributed by atoms with Crippen LogP contribution < -0.4 is 10.1 Å². The minimum atomic E-state index is -0.389. The number of ether oxygens (including phenoxy) is 1. The van der Waals surface area contributed by atoms with Crippen molar-refractivity contribution in [3.05, 3.63) is 89.1 Å². The fourth-order valence-electron chi connectivity index (χ4n) is 3.59. The van der Waals surface area contributed by atoms with Crippen LogP contribution in [0.5, 0.6) is 5.75 Å². The summed E-state index contributed by atoms with van der Waals surface area (Å²) >= 11 is 6.22. The number of carbonyl (C=O) groups excluding carboxylic acids is 1. The van der Waals surface area contributed by atoms with Gasteiger partial charge in [-0.2, -0.15) is 0 Å². The van der Waals surface area contributed by atoms with E-state index in [1.807, 2.05) is 61.5 Å². The summed E-state index contributed by atoms with van der Waals surface area (Å²) in [6, 6.07) is 22.3. The van der Waals surface area contributed by atoms with Crippen molar-refractivity contribution in [2.75, 3.05) is 12.4 Å². The Kier molecular flexibility index (Phi) is 5.36. The fraction of sp³-hybridized carbons (Fsp3) is 0.0769. The van der Waals surface area contributed by atoms with Crippen LogP contribution >= 0.6 is 11.6 Å². The van der Waals surface area contributed by atoms with Gasteiger partial charge in [0.15, 0.2) is 5.76 Å². The zero-order valence-electron chi connectivity index (χ0n) is 18.0. The number of anilines is 1. The number of furan rings is 1. The van der Waals surface area contributed by atoms with Gasteiger partial charge in [-0.05, 0) is 61.0 Å². The number of aryl methyl sites for hydroxylation is 1. The molecule has 5 aromatic rings. The number of nitrogens with one attached hydrogen (secondary N) is 2. The largest absolute Gasteiger partial charge is 0.495 e. The Morgan fingerprint density at radius 2 is 1.85 bits per heavy atom. The van der Waals surface area contributed by atoms with E-state index in [4.69, 9.17) is 20.8 Å². The Balaban J connectivity index is 1.42. The molecule has 2 N–H and O–H groups in total. The molecule has 0 saturated heterocycles. The number of fused-ring (bicyclic) bond motifs is 1. The van der Waals surface area contributed by atoms with Crippen LogP contribution in [0.2, 0.25) is 5.02 Å². The lowest BCUT2D eigenvalue weighted by Gasteiger charge is -2.11. The van der Waals surface area contributed by atoms with Crippen LogP contribution in [0.25, 0.3) is 33.7 Å². The van der Waals surface area contributed by atoms with E-state index in [1.54, 1.807) is 25.3 Å². The predicted molar refractivity (Wildman–Crippen MR) is 130 cm³/mol. The van der Waals surface area contributed by atoms with Crippen LogP contribution in [0.1, 0.15) is 16.1 Å². The fourth-order valence-corrected chi connectivity index (χ4v) is 3.77. The first-order chi connectivity index (χ1) is 16.0. The standard InChI is InChI=1S/C26H20ClN3O3/c1-15-7-8-16(13-18(15)27)22-11-12-24(33-22)26(31)30-21-14-17(9-10-23(21)32-2)25-28-19-5-3-4-6-20(19)29-25/h3-14H,1-2H3,(H,28,29)(H,30,31). The number of halogens is 1. The molecular weight excluding hydrogens is 438 g/mol. The molecule has 0 atom stereocenters. The topological polar surface area (TPSA) is 80.1 Å². The first-order valence-corrected chi connectivity index (χ1v) is 10.7. The Labute approximate surface area is 195 Å². The second-order valence-corrected chi connectivity index (χ2v) is 8.01. The van der Waals surface area contributed by atoms with E-state index in [-0.39, 0.29) is 11.7 Å². The average Bonchev–Trinajstić information content (AvgIpc) is 3.48. The predicted octanol–water partition coefficient (Wildman–Crippen LogP) is 6.71. The number of para-hydroxylation sites is 2. The molecule has 5 rings (SSSR count). The Morgan fingerprint density at radius 3 is 2.64 bits per heavy atom. The highest BCUT2D eigenvalue weighted by molar-refractivity contribution is 6.31. The third-order valence-corrected chi connectivity index (χ3v) is 5.80. The number of rotatable bonds is 5. The number of hydrogen-bond donors (Lipinski definition) is 2. The molecule has 2 aromatic heterocycles. The van der Waals surface area contributed by atoms with Crippen LogP contribution in [0, 0.1) is 6.92 Å². The van der Waals surface area contributed by atoms with Gasteiger partial charge in [-0.15, -0.1) is 0 Å². The SMILES string of the molecule is COc1ccc(-c2nc3ccccc3[nH]2)cc1NC(=O)c1ccc(-c2ccc(C)c(Cl)c2)o1. The number of amides is 1. The summed E-state index contributed by atoms with van der Waals surface area (Å²) in [5.74, 6) is 1.58. The summed E-state index contributed by atoms with van der Waals surface area (Å²) in [5, 5.41) is 3.52. The molecule has 0 unspecified atom stereocenters. The van der Waals surface area contributed by atoms with Gasteiger partial charge < -0.3 is 19.5 Å². The van der Waals surface area contributed by atoms with Crippen LogP contribution in [-0.4, -0.2) is 23.0 Å². The summed E-state index contributed by atoms with van der Waals surface area (Å²) in [7, 11) is 1.55. The smallest absolute Gasteiger partial charge is 0.291 e. The molecule has 33 heavy (non-hydrogen) atoms. The molecule has 0 spiro atoms. The maximum absolute atomic E-state index is 12.9. The van der Waals surface area contributed by atoms with E-state index in [0.717, 1.165) is 27.7 Å². The van der Waals surface area contributed by atoms with Crippen LogP contribution in [0.3, 0.4) is 0 Å². The zero-order chi connectivity index (χ0) is 22.9. The number of aromatic nitrogens is 2. The van der Waals surface area contributed by atoms with Crippen molar-refractivity contribution in [2.24, 2.45) is 0 Å². The van der Waals surface area contributed by atoms with E-state index < -0.39 is 0 Å². The first-order valence-electron chi connectivity index (χ1n) is 10.3. The summed E-state index contributed by atoms with van der Waals surface area (Å²) in [5.41, 5.74) is 4.91. The van der Waals surface area contributed by atoms with E-state index in [0.29, 0.717) is 28.0 Å². The van der Waals surface area contributed by atoms with E-state index in [2.05, 4.69) is 15.3 Å². The maximum Gasteiger partial charge on any atom is 0.291 e. The summed E-state index contributed by atoms with van der Waals surface area (Å²) < 4.78 is 11.2. The molecular formula is C26H20ClN3O3. The maximum atomic E-state index is 12.9. The van der Waals surface area contributed by atoms with Crippen molar-refractivity contribution in [2.45, 2.75) is 6.92 Å². The third kappa shape index (κ3) is 4.08. The van der Waals surface area contributed by atoms with Gasteiger partial charge >= 0.3 is 0 Å². The molecule has 1 amide bonds. The Morgan fingerprint density at radius 1 is 1.03 bits per heavy atom. The van der Waals surface area contributed by atoms with Gasteiger partial charge in [0.05, 0.1) is 23.8 Å². The highest BCUT2D eigenvalue weighted by atomic mass is 35.5. The van der Waals surface area contributed by atoms with Crippen molar-refractivity contribution in [1.82, 2.24) is 9.97 Å². The molecule has 0 fully saturated rings. The van der Waals surface area contributed by atoms with Gasteiger partial charge in [0, 0.05) is 16.1 Å². The lowest BCUT2D eigenvalue weighted by atomic mass is 10.1. The molecule has 6 nitrogen and oxygen atoms in total. The summed E-state index contributed by atoms with van der Waals surface area (Å²) in [6.45, 7) is 1.93.